The number of carboxylic acid groups (broad SMARTS) is 1. The minimum Gasteiger partial charge on any atom is -0.477 e. The molecule has 0 unspecified atom stereocenters. The average Bonchev–Trinajstić information content (AvgIpc) is 2.15. The van der Waals surface area contributed by atoms with E-state index < -0.39 is 20.5 Å². The number of hydrogen-bond donors (Lipinski definition) is 1. The van der Waals surface area contributed by atoms with Crippen LogP contribution in [0.1, 0.15) is 5.56 Å². The normalized spacial score (nSPS) is 9.67. The van der Waals surface area contributed by atoms with Crippen molar-refractivity contribution in [3.05, 3.63) is 29.8 Å². The number of rotatable bonds is 1. The van der Waals surface area contributed by atoms with E-state index in [1.165, 1.54) is 0 Å². The molecule has 0 aliphatic rings. The second-order valence-corrected chi connectivity index (χ2v) is 4.96. The fourth-order valence-corrected chi connectivity index (χ4v) is 2.14. The number of carboxylic acids is 1. The van der Waals surface area contributed by atoms with Crippen molar-refractivity contribution in [1.29, 1.82) is 0 Å². The number of hydrogen-bond acceptors (Lipinski definition) is 4. The predicted molar refractivity (Wildman–Crippen MR) is 58.6 cm³/mol. The van der Waals surface area contributed by atoms with Crippen molar-refractivity contribution in [3.63, 3.8) is 0 Å². The van der Waals surface area contributed by atoms with Crippen LogP contribution >= 0.6 is 11.8 Å². The highest BCUT2D eigenvalue weighted by Crippen LogP contribution is 2.19. The van der Waals surface area contributed by atoms with Crippen LogP contribution in [-0.4, -0.2) is 23.7 Å². The Hall–Kier alpha value is -1.27. The van der Waals surface area contributed by atoms with Gasteiger partial charge in [0.05, 0.1) is 0 Å². The molecule has 0 radical (unpaired) electrons. The van der Waals surface area contributed by atoms with Gasteiger partial charge in [0.2, 0.25) is 14.5 Å². The molecule has 6 heteroatoms. The maximum absolute atomic E-state index is 10.6. The van der Waals surface area contributed by atoms with Crippen molar-refractivity contribution >= 4 is 32.2 Å². The third-order valence-corrected chi connectivity index (χ3v) is 3.56. The molecule has 0 saturated carbocycles. The first-order valence-electron chi connectivity index (χ1n) is 3.94. The maximum atomic E-state index is 10.6. The molecule has 4 nitrogen and oxygen atoms in total. The van der Waals surface area contributed by atoms with Crippen LogP contribution in [-0.2, 0) is 15.1 Å². The Morgan fingerprint density at radius 1 is 1.27 bits per heavy atom. The lowest BCUT2D eigenvalue weighted by atomic mass is 10.2. The average molecular weight is 244 g/mol. The van der Waals surface area contributed by atoms with Crippen molar-refractivity contribution in [2.75, 3.05) is 0 Å². The highest BCUT2D eigenvalue weighted by molar-refractivity contribution is 8.23. The van der Waals surface area contributed by atoms with E-state index in [9.17, 15) is 13.2 Å². The van der Waals surface area contributed by atoms with E-state index in [1.807, 2.05) is 6.92 Å². The van der Waals surface area contributed by atoms with Crippen molar-refractivity contribution in [1.82, 2.24) is 0 Å². The minimum atomic E-state index is -2.71. The lowest BCUT2D eigenvalue weighted by Gasteiger charge is -1.98. The molecule has 1 aromatic carbocycles. The summed E-state index contributed by atoms with van der Waals surface area (Å²) in [6.45, 7) is 1.89. The topological polar surface area (TPSA) is 71.4 Å². The summed E-state index contributed by atoms with van der Waals surface area (Å²) in [5.74, 6) is -1.44. The van der Waals surface area contributed by atoms with E-state index in [1.54, 1.807) is 24.3 Å². The minimum absolute atomic E-state index is 0.585. The van der Waals surface area contributed by atoms with Gasteiger partial charge in [0.25, 0.3) is 0 Å². The van der Waals surface area contributed by atoms with Crippen LogP contribution in [0.5, 0.6) is 0 Å². The van der Waals surface area contributed by atoms with Gasteiger partial charge in [0.1, 0.15) is 0 Å². The van der Waals surface area contributed by atoms with Gasteiger partial charge in [-0.3, -0.25) is 0 Å². The zero-order valence-corrected chi connectivity index (χ0v) is 9.43. The molecule has 0 heterocycles. The van der Waals surface area contributed by atoms with Crippen LogP contribution in [0.15, 0.2) is 29.2 Å². The first kappa shape index (κ1) is 11.8. The van der Waals surface area contributed by atoms with E-state index in [0.717, 1.165) is 17.3 Å². The Labute approximate surface area is 92.5 Å². The maximum Gasteiger partial charge on any atom is 0.358 e. The van der Waals surface area contributed by atoms with Crippen molar-refractivity contribution in [2.45, 2.75) is 11.8 Å². The monoisotopic (exact) mass is 244 g/mol. The number of carbonyl (C=O) groups is 1. The Kier molecular flexibility index (Phi) is 3.93. The van der Waals surface area contributed by atoms with Crippen molar-refractivity contribution in [2.24, 2.45) is 0 Å². The second-order valence-electron chi connectivity index (χ2n) is 2.74. The van der Waals surface area contributed by atoms with Crippen LogP contribution in [0.3, 0.4) is 0 Å². The third kappa shape index (κ3) is 3.41. The molecule has 0 amide bonds. The molecule has 0 spiro atoms. The summed E-state index contributed by atoms with van der Waals surface area (Å²) >= 11 is 0.718. The Morgan fingerprint density at radius 2 is 1.80 bits per heavy atom. The van der Waals surface area contributed by atoms with Crippen molar-refractivity contribution < 1.29 is 18.3 Å². The van der Waals surface area contributed by atoms with Gasteiger partial charge >= 0.3 is 5.97 Å². The fourth-order valence-electron chi connectivity index (χ4n) is 0.862. The Balaban J connectivity index is 3.00. The predicted octanol–water partition coefficient (Wildman–Crippen LogP) is 1.18. The number of aliphatic carboxylic acids is 1. The van der Waals surface area contributed by atoms with Crippen LogP contribution in [0.25, 0.3) is 0 Å². The van der Waals surface area contributed by atoms with Crippen LogP contribution in [0, 0.1) is 6.92 Å². The summed E-state index contributed by atoms with van der Waals surface area (Å²) in [5, 5.41) is 8.61. The van der Waals surface area contributed by atoms with E-state index in [4.69, 9.17) is 5.11 Å². The Bertz CT molecular complexity index is 491. The SMILES string of the molecule is Cc1ccc(SC(C(=O)O)=S(=O)=O)cc1. The molecule has 1 N–H and O–H groups in total. The summed E-state index contributed by atoms with van der Waals surface area (Å²) in [6, 6.07) is 6.93. The molecule has 1 rings (SSSR count). The van der Waals surface area contributed by atoms with Crippen LogP contribution in [0.4, 0.5) is 0 Å². The van der Waals surface area contributed by atoms with Crippen LogP contribution in [0.2, 0.25) is 0 Å². The summed E-state index contributed by atoms with van der Waals surface area (Å²) in [6.07, 6.45) is 0. The molecule has 0 saturated heterocycles. The molecular formula is C9H8O4S2. The van der Waals surface area contributed by atoms with Gasteiger partial charge in [-0.1, -0.05) is 29.5 Å². The number of benzene rings is 1. The van der Waals surface area contributed by atoms with E-state index >= 15 is 0 Å². The standard InChI is InChI=1S/C9H8O4S2/c1-6-2-4-7(5-3-6)14-9(8(10)11)15(12)13/h2-5H,1H3,(H,10,11). The summed E-state index contributed by atoms with van der Waals surface area (Å²) in [4.78, 5) is 11.1. The molecule has 0 atom stereocenters. The molecule has 15 heavy (non-hydrogen) atoms. The smallest absolute Gasteiger partial charge is 0.358 e. The zero-order valence-electron chi connectivity index (χ0n) is 7.80. The molecule has 1 aromatic rings. The highest BCUT2D eigenvalue weighted by atomic mass is 32.2. The molecule has 0 fully saturated rings. The van der Waals surface area contributed by atoms with E-state index in [2.05, 4.69) is 0 Å². The van der Waals surface area contributed by atoms with Gasteiger partial charge in [-0.15, -0.1) is 0 Å². The van der Waals surface area contributed by atoms with Gasteiger partial charge < -0.3 is 5.11 Å². The summed E-state index contributed by atoms with van der Waals surface area (Å²) in [7, 11) is -2.71. The second kappa shape index (κ2) is 4.99. The van der Waals surface area contributed by atoms with Crippen molar-refractivity contribution in [3.8, 4) is 0 Å². The third-order valence-electron chi connectivity index (χ3n) is 1.56. The van der Waals surface area contributed by atoms with Gasteiger partial charge in [0, 0.05) is 4.90 Å². The lowest BCUT2D eigenvalue weighted by Crippen LogP contribution is -2.09. The first-order valence-corrected chi connectivity index (χ1v) is 5.84. The highest BCUT2D eigenvalue weighted by Gasteiger charge is 2.13. The van der Waals surface area contributed by atoms with E-state index in [0.29, 0.717) is 4.90 Å². The number of thioether (sulfide) groups is 1. The van der Waals surface area contributed by atoms with Gasteiger partial charge in [0.15, 0.2) is 0 Å². The molecular weight excluding hydrogens is 236 g/mol. The first-order chi connectivity index (χ1) is 7.00. The molecule has 0 aromatic heterocycles. The fraction of sp³-hybridized carbons (Fsp3) is 0.111. The van der Waals surface area contributed by atoms with Crippen LogP contribution < -0.4 is 0 Å². The van der Waals surface area contributed by atoms with Gasteiger partial charge in [-0.25, -0.2) is 4.79 Å². The Morgan fingerprint density at radius 3 is 2.20 bits per heavy atom. The zero-order chi connectivity index (χ0) is 11.4. The van der Waals surface area contributed by atoms with E-state index in [-0.39, 0.29) is 0 Å². The quantitative estimate of drug-likeness (QED) is 0.593. The number of aryl methyl sites for hydroxylation is 1. The summed E-state index contributed by atoms with van der Waals surface area (Å²) < 4.78 is 20.5. The molecule has 0 aliphatic heterocycles. The largest absolute Gasteiger partial charge is 0.477 e. The summed E-state index contributed by atoms with van der Waals surface area (Å²) in [5.41, 5.74) is 1.03. The van der Waals surface area contributed by atoms with Gasteiger partial charge in [-0.05, 0) is 19.1 Å². The molecule has 0 bridgehead atoms. The van der Waals surface area contributed by atoms with Gasteiger partial charge in [-0.2, -0.15) is 8.42 Å². The molecule has 80 valence electrons. The molecule has 0 aliphatic carbocycles. The lowest BCUT2D eigenvalue weighted by molar-refractivity contribution is -0.128.